The van der Waals surface area contributed by atoms with Crippen LogP contribution in [0.15, 0.2) is 53.0 Å². The fraction of sp³-hybridized carbons (Fsp3) is 0.350. The van der Waals surface area contributed by atoms with E-state index >= 15 is 0 Å². The van der Waals surface area contributed by atoms with Gasteiger partial charge < -0.3 is 14.8 Å². The van der Waals surface area contributed by atoms with Crippen LogP contribution in [0.25, 0.3) is 0 Å². The maximum Gasteiger partial charge on any atom is 0.251 e. The van der Waals surface area contributed by atoms with Crippen molar-refractivity contribution < 1.29 is 14.3 Å². The second-order valence-corrected chi connectivity index (χ2v) is 7.07. The predicted molar refractivity (Wildman–Crippen MR) is 105 cm³/mol. The highest BCUT2D eigenvalue weighted by molar-refractivity contribution is 9.10. The normalized spacial score (nSPS) is 14.8. The minimum Gasteiger partial charge on any atom is -0.492 e. The first-order chi connectivity index (χ1) is 12.7. The molecule has 1 fully saturated rings. The van der Waals surface area contributed by atoms with Gasteiger partial charge in [-0.25, -0.2) is 0 Å². The van der Waals surface area contributed by atoms with Crippen molar-refractivity contribution in [3.63, 3.8) is 0 Å². The lowest BCUT2D eigenvalue weighted by Crippen LogP contribution is -2.35. The van der Waals surface area contributed by atoms with Crippen LogP contribution >= 0.6 is 15.9 Å². The Kier molecular flexibility index (Phi) is 7.05. The highest BCUT2D eigenvalue weighted by atomic mass is 79.9. The number of hydrogen-bond donors (Lipinski definition) is 1. The van der Waals surface area contributed by atoms with Gasteiger partial charge in [-0.1, -0.05) is 34.1 Å². The molecule has 0 spiro atoms. The minimum absolute atomic E-state index is 0.0772. The van der Waals surface area contributed by atoms with Crippen LogP contribution in [0.1, 0.15) is 15.9 Å². The number of nitrogens with zero attached hydrogens (tertiary/aromatic N) is 1. The van der Waals surface area contributed by atoms with Gasteiger partial charge >= 0.3 is 0 Å². The lowest BCUT2D eigenvalue weighted by molar-refractivity contribution is 0.0342. The lowest BCUT2D eigenvalue weighted by atomic mass is 10.1. The monoisotopic (exact) mass is 418 g/mol. The first kappa shape index (κ1) is 18.9. The van der Waals surface area contributed by atoms with Crippen molar-refractivity contribution in [1.82, 2.24) is 10.2 Å². The first-order valence-corrected chi connectivity index (χ1v) is 9.55. The van der Waals surface area contributed by atoms with Crippen molar-refractivity contribution >= 4 is 21.8 Å². The van der Waals surface area contributed by atoms with Crippen LogP contribution in [0.5, 0.6) is 5.75 Å². The maximum atomic E-state index is 12.3. The predicted octanol–water partition coefficient (Wildman–Crippen LogP) is 3.09. The standard InChI is InChI=1S/C20H23BrN2O3/c21-18-5-2-6-19(14-18)26-10-7-22-20(24)17-4-1-3-16(13-17)15-23-8-11-25-12-9-23/h1-6,13-14H,7-12,15H2,(H,22,24). The molecule has 1 saturated heterocycles. The molecule has 1 heterocycles. The number of ether oxygens (including phenoxy) is 2. The number of hydrogen-bond acceptors (Lipinski definition) is 4. The molecule has 1 amide bonds. The van der Waals surface area contributed by atoms with Crippen molar-refractivity contribution in [1.29, 1.82) is 0 Å². The molecular formula is C20H23BrN2O3. The first-order valence-electron chi connectivity index (χ1n) is 8.76. The van der Waals surface area contributed by atoms with Crippen molar-refractivity contribution in [2.75, 3.05) is 39.5 Å². The fourth-order valence-corrected chi connectivity index (χ4v) is 3.20. The summed E-state index contributed by atoms with van der Waals surface area (Å²) in [5.74, 6) is 0.702. The summed E-state index contributed by atoms with van der Waals surface area (Å²) in [6.07, 6.45) is 0. The summed E-state index contributed by atoms with van der Waals surface area (Å²) in [5, 5.41) is 2.91. The molecule has 138 valence electrons. The summed E-state index contributed by atoms with van der Waals surface area (Å²) in [4.78, 5) is 14.7. The third-order valence-corrected chi connectivity index (χ3v) is 4.64. The largest absolute Gasteiger partial charge is 0.492 e. The van der Waals surface area contributed by atoms with Gasteiger partial charge in [-0.3, -0.25) is 9.69 Å². The van der Waals surface area contributed by atoms with Crippen LogP contribution in [-0.2, 0) is 11.3 Å². The van der Waals surface area contributed by atoms with Crippen molar-refractivity contribution in [2.24, 2.45) is 0 Å². The van der Waals surface area contributed by atoms with Crippen LogP contribution in [-0.4, -0.2) is 50.3 Å². The number of nitrogens with one attached hydrogen (secondary N) is 1. The van der Waals surface area contributed by atoms with Crippen molar-refractivity contribution in [3.05, 3.63) is 64.1 Å². The number of carbonyl (C=O) groups excluding carboxylic acids is 1. The van der Waals surface area contributed by atoms with Gasteiger partial charge in [0.05, 0.1) is 19.8 Å². The third-order valence-electron chi connectivity index (χ3n) is 4.15. The molecule has 2 aromatic rings. The van der Waals surface area contributed by atoms with E-state index in [1.807, 2.05) is 42.5 Å². The molecule has 0 atom stereocenters. The van der Waals surface area contributed by atoms with Gasteiger partial charge in [0.1, 0.15) is 12.4 Å². The van der Waals surface area contributed by atoms with Crippen LogP contribution in [0, 0.1) is 0 Å². The topological polar surface area (TPSA) is 50.8 Å². The molecule has 0 aliphatic carbocycles. The number of amides is 1. The molecule has 1 N–H and O–H groups in total. The minimum atomic E-state index is -0.0772. The zero-order valence-corrected chi connectivity index (χ0v) is 16.2. The number of halogens is 1. The number of benzene rings is 2. The summed E-state index contributed by atoms with van der Waals surface area (Å²) in [7, 11) is 0. The van der Waals surface area contributed by atoms with Gasteiger partial charge in [0, 0.05) is 29.7 Å². The number of morpholine rings is 1. The quantitative estimate of drug-likeness (QED) is 0.701. The molecule has 26 heavy (non-hydrogen) atoms. The third kappa shape index (κ3) is 5.83. The van der Waals surface area contributed by atoms with Crippen molar-refractivity contribution in [3.8, 4) is 5.75 Å². The number of carbonyl (C=O) groups is 1. The van der Waals surface area contributed by atoms with Gasteiger partial charge in [0.2, 0.25) is 0 Å². The Morgan fingerprint density at radius 2 is 1.96 bits per heavy atom. The molecule has 0 aromatic heterocycles. The van der Waals surface area contributed by atoms with Crippen molar-refractivity contribution in [2.45, 2.75) is 6.54 Å². The zero-order chi connectivity index (χ0) is 18.2. The highest BCUT2D eigenvalue weighted by Crippen LogP contribution is 2.17. The molecular weight excluding hydrogens is 396 g/mol. The fourth-order valence-electron chi connectivity index (χ4n) is 2.82. The molecule has 3 rings (SSSR count). The van der Waals surface area contributed by atoms with E-state index in [4.69, 9.17) is 9.47 Å². The Morgan fingerprint density at radius 1 is 1.15 bits per heavy atom. The Morgan fingerprint density at radius 3 is 2.77 bits per heavy atom. The molecule has 1 aliphatic heterocycles. The second kappa shape index (κ2) is 9.71. The SMILES string of the molecule is O=C(NCCOc1cccc(Br)c1)c1cccc(CN2CCOCC2)c1. The summed E-state index contributed by atoms with van der Waals surface area (Å²) in [6, 6.07) is 15.4. The molecule has 0 bridgehead atoms. The average Bonchev–Trinajstić information content (AvgIpc) is 2.66. The van der Waals surface area contributed by atoms with E-state index in [-0.39, 0.29) is 5.91 Å². The average molecular weight is 419 g/mol. The lowest BCUT2D eigenvalue weighted by Gasteiger charge is -2.26. The van der Waals surface area contributed by atoms with E-state index in [1.54, 1.807) is 0 Å². The summed E-state index contributed by atoms with van der Waals surface area (Å²) < 4.78 is 12.0. The highest BCUT2D eigenvalue weighted by Gasteiger charge is 2.12. The van der Waals surface area contributed by atoms with E-state index in [9.17, 15) is 4.79 Å². The molecule has 1 aliphatic rings. The van der Waals surface area contributed by atoms with Gasteiger partial charge in [0.15, 0.2) is 0 Å². The van der Waals surface area contributed by atoms with Gasteiger partial charge in [-0.15, -0.1) is 0 Å². The Balaban J connectivity index is 1.46. The van der Waals surface area contributed by atoms with Gasteiger partial charge in [-0.2, -0.15) is 0 Å². The van der Waals surface area contributed by atoms with E-state index in [0.717, 1.165) is 48.6 Å². The van der Waals surface area contributed by atoms with Crippen LogP contribution in [0.3, 0.4) is 0 Å². The molecule has 5 nitrogen and oxygen atoms in total. The summed E-state index contributed by atoms with van der Waals surface area (Å²) in [6.45, 7) is 5.15. The summed E-state index contributed by atoms with van der Waals surface area (Å²) >= 11 is 3.41. The van der Waals surface area contributed by atoms with Crippen LogP contribution in [0.2, 0.25) is 0 Å². The molecule has 0 saturated carbocycles. The van der Waals surface area contributed by atoms with E-state index in [2.05, 4.69) is 32.2 Å². The van der Waals surface area contributed by atoms with E-state index in [1.165, 1.54) is 0 Å². The van der Waals surface area contributed by atoms with Gasteiger partial charge in [-0.05, 0) is 35.9 Å². The smallest absolute Gasteiger partial charge is 0.251 e. The number of rotatable bonds is 7. The Hall–Kier alpha value is -1.89. The summed E-state index contributed by atoms with van der Waals surface area (Å²) in [5.41, 5.74) is 1.82. The maximum absolute atomic E-state index is 12.3. The van der Waals surface area contributed by atoms with E-state index < -0.39 is 0 Å². The van der Waals surface area contributed by atoms with Crippen LogP contribution in [0.4, 0.5) is 0 Å². The molecule has 6 heteroatoms. The van der Waals surface area contributed by atoms with Crippen LogP contribution < -0.4 is 10.1 Å². The Bertz CT molecular complexity index is 733. The molecule has 0 unspecified atom stereocenters. The Labute approximate surface area is 162 Å². The zero-order valence-electron chi connectivity index (χ0n) is 14.6. The molecule has 2 aromatic carbocycles. The second-order valence-electron chi connectivity index (χ2n) is 6.15. The van der Waals surface area contributed by atoms with E-state index in [0.29, 0.717) is 18.7 Å². The van der Waals surface area contributed by atoms with Gasteiger partial charge in [0.25, 0.3) is 5.91 Å². The molecule has 0 radical (unpaired) electrons.